The fraction of sp³-hybridized carbons (Fsp3) is 0.429. The fourth-order valence-electron chi connectivity index (χ4n) is 2.14. The third kappa shape index (κ3) is 3.32. The van der Waals surface area contributed by atoms with Gasteiger partial charge in [-0.15, -0.1) is 0 Å². The molecule has 2 rings (SSSR count). The van der Waals surface area contributed by atoms with E-state index in [1.807, 2.05) is 18.2 Å². The zero-order valence-corrected chi connectivity index (χ0v) is 10.9. The second-order valence-electron chi connectivity index (χ2n) is 4.52. The third-order valence-corrected chi connectivity index (χ3v) is 3.13. The molecule has 102 valence electrons. The first-order valence-corrected chi connectivity index (χ1v) is 6.38. The van der Waals surface area contributed by atoms with E-state index in [2.05, 4.69) is 10.6 Å². The Hall–Kier alpha value is -1.88. The zero-order chi connectivity index (χ0) is 13.7. The van der Waals surface area contributed by atoms with Crippen molar-refractivity contribution < 1.29 is 14.3 Å². The van der Waals surface area contributed by atoms with E-state index in [9.17, 15) is 9.59 Å². The van der Waals surface area contributed by atoms with Crippen molar-refractivity contribution in [3.8, 4) is 0 Å². The topological polar surface area (TPSA) is 67.4 Å². The van der Waals surface area contributed by atoms with E-state index < -0.39 is 6.04 Å². The molecule has 5 nitrogen and oxygen atoms in total. The van der Waals surface area contributed by atoms with Crippen LogP contribution >= 0.6 is 0 Å². The first-order chi connectivity index (χ1) is 9.22. The maximum Gasteiger partial charge on any atom is 0.252 e. The molecule has 0 spiro atoms. The van der Waals surface area contributed by atoms with Gasteiger partial charge in [-0.1, -0.05) is 18.2 Å². The lowest BCUT2D eigenvalue weighted by atomic mass is 9.95. The van der Waals surface area contributed by atoms with Crippen molar-refractivity contribution in [2.24, 2.45) is 0 Å². The van der Waals surface area contributed by atoms with Crippen LogP contribution in [0.25, 0.3) is 0 Å². The van der Waals surface area contributed by atoms with Crippen LogP contribution in [0.15, 0.2) is 24.3 Å². The molecule has 1 aromatic carbocycles. The SMILES string of the molecule is COCCCNC(=O)C1Cc2ccccc2C(=O)N1. The molecule has 1 heterocycles. The molecule has 1 atom stereocenters. The van der Waals surface area contributed by atoms with Crippen LogP contribution in [0.2, 0.25) is 0 Å². The van der Waals surface area contributed by atoms with Crippen LogP contribution in [-0.4, -0.2) is 38.1 Å². The van der Waals surface area contributed by atoms with Gasteiger partial charge in [0.1, 0.15) is 6.04 Å². The van der Waals surface area contributed by atoms with Gasteiger partial charge in [0.25, 0.3) is 5.91 Å². The van der Waals surface area contributed by atoms with Crippen LogP contribution in [-0.2, 0) is 16.0 Å². The Morgan fingerprint density at radius 2 is 2.26 bits per heavy atom. The quantitative estimate of drug-likeness (QED) is 0.759. The van der Waals surface area contributed by atoms with Crippen molar-refractivity contribution in [1.29, 1.82) is 0 Å². The first kappa shape index (κ1) is 13.5. The summed E-state index contributed by atoms with van der Waals surface area (Å²) in [7, 11) is 1.63. The van der Waals surface area contributed by atoms with Gasteiger partial charge >= 0.3 is 0 Å². The van der Waals surface area contributed by atoms with Crippen molar-refractivity contribution >= 4 is 11.8 Å². The summed E-state index contributed by atoms with van der Waals surface area (Å²) in [6.45, 7) is 1.17. The Labute approximate surface area is 112 Å². The molecule has 19 heavy (non-hydrogen) atoms. The molecule has 0 fully saturated rings. The molecule has 1 aliphatic heterocycles. The molecule has 0 bridgehead atoms. The zero-order valence-electron chi connectivity index (χ0n) is 10.9. The van der Waals surface area contributed by atoms with Gasteiger partial charge in [0, 0.05) is 32.2 Å². The first-order valence-electron chi connectivity index (χ1n) is 6.38. The predicted octanol–water partition coefficient (Wildman–Crippen LogP) is 0.494. The van der Waals surface area contributed by atoms with Crippen LogP contribution in [0.1, 0.15) is 22.3 Å². The number of ether oxygens (including phenoxy) is 1. The predicted molar refractivity (Wildman–Crippen MR) is 70.9 cm³/mol. The number of methoxy groups -OCH3 is 1. The van der Waals surface area contributed by atoms with Crippen LogP contribution in [0.4, 0.5) is 0 Å². The summed E-state index contributed by atoms with van der Waals surface area (Å²) in [6.07, 6.45) is 1.30. The number of nitrogens with one attached hydrogen (secondary N) is 2. The minimum atomic E-state index is -0.482. The van der Waals surface area contributed by atoms with E-state index in [4.69, 9.17) is 4.74 Å². The van der Waals surface area contributed by atoms with Crippen molar-refractivity contribution in [2.45, 2.75) is 18.9 Å². The number of rotatable bonds is 5. The van der Waals surface area contributed by atoms with Gasteiger partial charge < -0.3 is 15.4 Å². The van der Waals surface area contributed by atoms with Crippen LogP contribution in [0.3, 0.4) is 0 Å². The maximum atomic E-state index is 11.9. The molecule has 2 amide bonds. The van der Waals surface area contributed by atoms with E-state index in [1.165, 1.54) is 0 Å². The molecule has 0 aromatic heterocycles. The minimum Gasteiger partial charge on any atom is -0.385 e. The largest absolute Gasteiger partial charge is 0.385 e. The number of fused-ring (bicyclic) bond motifs is 1. The van der Waals surface area contributed by atoms with E-state index in [1.54, 1.807) is 13.2 Å². The summed E-state index contributed by atoms with van der Waals surface area (Å²) in [4.78, 5) is 23.8. The van der Waals surface area contributed by atoms with Crippen molar-refractivity contribution in [1.82, 2.24) is 10.6 Å². The molecule has 1 unspecified atom stereocenters. The Kier molecular flexibility index (Phi) is 4.52. The number of hydrogen-bond donors (Lipinski definition) is 2. The van der Waals surface area contributed by atoms with Gasteiger partial charge in [-0.2, -0.15) is 0 Å². The molecule has 2 N–H and O–H groups in total. The molecule has 0 aliphatic carbocycles. The fourth-order valence-corrected chi connectivity index (χ4v) is 2.14. The van der Waals surface area contributed by atoms with Gasteiger partial charge in [0.2, 0.25) is 5.91 Å². The maximum absolute atomic E-state index is 11.9. The van der Waals surface area contributed by atoms with Gasteiger partial charge in [-0.05, 0) is 18.1 Å². The average Bonchev–Trinajstić information content (AvgIpc) is 2.43. The normalized spacial score (nSPS) is 17.5. The summed E-state index contributed by atoms with van der Waals surface area (Å²) in [5.41, 5.74) is 1.58. The van der Waals surface area contributed by atoms with Crippen molar-refractivity contribution in [3.63, 3.8) is 0 Å². The van der Waals surface area contributed by atoms with Gasteiger partial charge in [0.05, 0.1) is 0 Å². The highest BCUT2D eigenvalue weighted by molar-refractivity contribution is 6.00. The summed E-state index contributed by atoms with van der Waals surface area (Å²) in [5, 5.41) is 5.54. The number of carbonyl (C=O) groups excluding carboxylic acids is 2. The smallest absolute Gasteiger partial charge is 0.252 e. The Morgan fingerprint density at radius 1 is 1.47 bits per heavy atom. The molecule has 0 radical (unpaired) electrons. The van der Waals surface area contributed by atoms with Crippen molar-refractivity contribution in [3.05, 3.63) is 35.4 Å². The second-order valence-corrected chi connectivity index (χ2v) is 4.52. The average molecular weight is 262 g/mol. The molecule has 0 saturated heterocycles. The van der Waals surface area contributed by atoms with E-state index in [0.717, 1.165) is 12.0 Å². The summed E-state index contributed by atoms with van der Waals surface area (Å²) < 4.78 is 4.91. The third-order valence-electron chi connectivity index (χ3n) is 3.13. The van der Waals surface area contributed by atoms with Gasteiger partial charge in [0.15, 0.2) is 0 Å². The van der Waals surface area contributed by atoms with Crippen LogP contribution in [0.5, 0.6) is 0 Å². The Balaban J connectivity index is 1.93. The highest BCUT2D eigenvalue weighted by Gasteiger charge is 2.28. The molecular formula is C14H18N2O3. The Morgan fingerprint density at radius 3 is 3.05 bits per heavy atom. The standard InChI is InChI=1S/C14H18N2O3/c1-19-8-4-7-15-14(18)12-9-10-5-2-3-6-11(10)13(17)16-12/h2-3,5-6,12H,4,7-9H2,1H3,(H,15,18)(H,16,17). The summed E-state index contributed by atoms with van der Waals surface area (Å²) in [5.74, 6) is -0.321. The summed E-state index contributed by atoms with van der Waals surface area (Å²) >= 11 is 0. The monoisotopic (exact) mass is 262 g/mol. The van der Waals surface area contributed by atoms with Crippen LogP contribution < -0.4 is 10.6 Å². The molecule has 5 heteroatoms. The van der Waals surface area contributed by atoms with E-state index in [-0.39, 0.29) is 11.8 Å². The van der Waals surface area contributed by atoms with Gasteiger partial charge in [-0.3, -0.25) is 9.59 Å². The molecular weight excluding hydrogens is 244 g/mol. The highest BCUT2D eigenvalue weighted by Crippen LogP contribution is 2.16. The van der Waals surface area contributed by atoms with Crippen LogP contribution in [0, 0.1) is 0 Å². The molecule has 1 aromatic rings. The lowest BCUT2D eigenvalue weighted by Gasteiger charge is -2.24. The number of benzene rings is 1. The molecule has 1 aliphatic rings. The lowest BCUT2D eigenvalue weighted by molar-refractivity contribution is -0.123. The highest BCUT2D eigenvalue weighted by atomic mass is 16.5. The number of amides is 2. The number of carbonyl (C=O) groups is 2. The number of hydrogen-bond acceptors (Lipinski definition) is 3. The van der Waals surface area contributed by atoms with E-state index >= 15 is 0 Å². The Bertz CT molecular complexity index is 474. The van der Waals surface area contributed by atoms with Crippen molar-refractivity contribution in [2.75, 3.05) is 20.3 Å². The van der Waals surface area contributed by atoms with E-state index in [0.29, 0.717) is 25.1 Å². The lowest BCUT2D eigenvalue weighted by Crippen LogP contribution is -2.51. The minimum absolute atomic E-state index is 0.140. The second kappa shape index (κ2) is 6.33. The summed E-state index contributed by atoms with van der Waals surface area (Å²) in [6, 6.07) is 6.88. The van der Waals surface area contributed by atoms with Gasteiger partial charge in [-0.25, -0.2) is 0 Å². The molecule has 0 saturated carbocycles.